The number of nitrogens with zero attached hydrogens (tertiary/aromatic N) is 2. The van der Waals surface area contributed by atoms with Crippen LogP contribution in [-0.2, 0) is 13.0 Å². The van der Waals surface area contributed by atoms with E-state index in [1.54, 1.807) is 4.68 Å². The summed E-state index contributed by atoms with van der Waals surface area (Å²) in [6, 6.07) is 9.71. The molecule has 3 nitrogen and oxygen atoms in total. The second-order valence-electron chi connectivity index (χ2n) is 4.72. The molecule has 0 saturated heterocycles. The lowest BCUT2D eigenvalue weighted by molar-refractivity contribution is 0.280. The highest BCUT2D eigenvalue weighted by Gasteiger charge is 2.17. The number of aliphatic hydroxyl groups excluding tert-OH is 1. The molecule has 4 heteroatoms. The molecular formula is C14H17ClN2O. The number of rotatable bonds is 4. The maximum atomic E-state index is 9.43. The number of aliphatic hydroxyl groups is 1. The van der Waals surface area contributed by atoms with Crippen molar-refractivity contribution in [1.82, 2.24) is 9.78 Å². The lowest BCUT2D eigenvalue weighted by Crippen LogP contribution is -2.00. The van der Waals surface area contributed by atoms with Gasteiger partial charge in [-0.15, -0.1) is 0 Å². The normalized spacial score (nSPS) is 11.2. The first kappa shape index (κ1) is 13.1. The lowest BCUT2D eigenvalue weighted by Gasteiger charge is -2.02. The SMILES string of the molecule is CC(C)Cc1nn(-c2ccccc2)c(Cl)c1CO. The van der Waals surface area contributed by atoms with Crippen LogP contribution >= 0.6 is 11.6 Å². The molecule has 1 heterocycles. The quantitative estimate of drug-likeness (QED) is 0.921. The van der Waals surface area contributed by atoms with Gasteiger partial charge in [0, 0.05) is 5.56 Å². The van der Waals surface area contributed by atoms with Gasteiger partial charge < -0.3 is 5.11 Å². The summed E-state index contributed by atoms with van der Waals surface area (Å²) in [5.41, 5.74) is 2.52. The number of hydrogen-bond acceptors (Lipinski definition) is 2. The van der Waals surface area contributed by atoms with Crippen LogP contribution in [-0.4, -0.2) is 14.9 Å². The second-order valence-corrected chi connectivity index (χ2v) is 5.08. The Morgan fingerprint density at radius 1 is 1.28 bits per heavy atom. The highest BCUT2D eigenvalue weighted by molar-refractivity contribution is 6.30. The minimum absolute atomic E-state index is 0.0757. The van der Waals surface area contributed by atoms with Gasteiger partial charge in [-0.2, -0.15) is 5.10 Å². The Morgan fingerprint density at radius 2 is 1.94 bits per heavy atom. The number of para-hydroxylation sites is 1. The Hall–Kier alpha value is -1.32. The first-order chi connectivity index (χ1) is 8.63. The molecule has 2 rings (SSSR count). The van der Waals surface area contributed by atoms with Crippen molar-refractivity contribution in [2.75, 3.05) is 0 Å². The third-order valence-corrected chi connectivity index (χ3v) is 3.15. The summed E-state index contributed by atoms with van der Waals surface area (Å²) in [4.78, 5) is 0. The molecule has 0 unspecified atom stereocenters. The minimum Gasteiger partial charge on any atom is -0.391 e. The molecule has 0 spiro atoms. The second kappa shape index (κ2) is 5.55. The largest absolute Gasteiger partial charge is 0.391 e. The summed E-state index contributed by atoms with van der Waals surface area (Å²) in [7, 11) is 0. The van der Waals surface area contributed by atoms with Crippen LogP contribution in [0.15, 0.2) is 30.3 Å². The number of halogens is 1. The van der Waals surface area contributed by atoms with Gasteiger partial charge in [-0.05, 0) is 24.5 Å². The molecular weight excluding hydrogens is 248 g/mol. The van der Waals surface area contributed by atoms with Crippen LogP contribution in [0.5, 0.6) is 0 Å². The predicted molar refractivity (Wildman–Crippen MR) is 73.0 cm³/mol. The molecule has 0 aliphatic heterocycles. The van der Waals surface area contributed by atoms with Gasteiger partial charge in [-0.1, -0.05) is 43.6 Å². The zero-order valence-electron chi connectivity index (χ0n) is 10.6. The fourth-order valence-corrected chi connectivity index (χ4v) is 2.22. The van der Waals surface area contributed by atoms with Crippen molar-refractivity contribution in [3.05, 3.63) is 46.7 Å². The molecule has 0 aliphatic carbocycles. The topological polar surface area (TPSA) is 38.0 Å². The van der Waals surface area contributed by atoms with Crippen molar-refractivity contribution in [3.8, 4) is 5.69 Å². The molecule has 1 aromatic heterocycles. The van der Waals surface area contributed by atoms with Crippen molar-refractivity contribution in [2.24, 2.45) is 5.92 Å². The summed E-state index contributed by atoms with van der Waals surface area (Å²) in [5.74, 6) is 0.477. The molecule has 0 radical (unpaired) electrons. The van der Waals surface area contributed by atoms with Crippen LogP contribution in [0, 0.1) is 5.92 Å². The summed E-state index contributed by atoms with van der Waals surface area (Å²) in [6.45, 7) is 4.17. The van der Waals surface area contributed by atoms with E-state index in [0.29, 0.717) is 11.1 Å². The minimum atomic E-state index is -0.0757. The first-order valence-corrected chi connectivity index (χ1v) is 6.43. The molecule has 0 saturated carbocycles. The zero-order chi connectivity index (χ0) is 13.1. The summed E-state index contributed by atoms with van der Waals surface area (Å²) >= 11 is 6.29. The van der Waals surface area contributed by atoms with Crippen molar-refractivity contribution in [1.29, 1.82) is 0 Å². The molecule has 0 fully saturated rings. The third kappa shape index (κ3) is 2.57. The van der Waals surface area contributed by atoms with Gasteiger partial charge >= 0.3 is 0 Å². The number of aromatic nitrogens is 2. The van der Waals surface area contributed by atoms with Gasteiger partial charge in [-0.25, -0.2) is 4.68 Å². The van der Waals surface area contributed by atoms with E-state index < -0.39 is 0 Å². The van der Waals surface area contributed by atoms with Gasteiger partial charge in [0.1, 0.15) is 5.15 Å². The van der Waals surface area contributed by atoms with E-state index in [2.05, 4.69) is 18.9 Å². The van der Waals surface area contributed by atoms with Gasteiger partial charge in [0.25, 0.3) is 0 Å². The van der Waals surface area contributed by atoms with Crippen molar-refractivity contribution >= 4 is 11.6 Å². The Bertz CT molecular complexity index is 520. The average Bonchev–Trinajstić information content (AvgIpc) is 2.66. The van der Waals surface area contributed by atoms with Crippen molar-refractivity contribution in [2.45, 2.75) is 26.9 Å². The summed E-state index contributed by atoms with van der Waals surface area (Å²) in [6.07, 6.45) is 0.815. The molecule has 2 aromatic rings. The van der Waals surface area contributed by atoms with Crippen molar-refractivity contribution < 1.29 is 5.11 Å². The van der Waals surface area contributed by atoms with E-state index in [1.807, 2.05) is 30.3 Å². The van der Waals surface area contributed by atoms with Crippen LogP contribution in [0.2, 0.25) is 5.15 Å². The van der Waals surface area contributed by atoms with Crippen LogP contribution in [0.1, 0.15) is 25.1 Å². The maximum Gasteiger partial charge on any atom is 0.138 e. The zero-order valence-corrected chi connectivity index (χ0v) is 11.4. The van der Waals surface area contributed by atoms with E-state index in [0.717, 1.165) is 23.4 Å². The maximum absolute atomic E-state index is 9.43. The first-order valence-electron chi connectivity index (χ1n) is 6.06. The Labute approximate surface area is 112 Å². The molecule has 1 aromatic carbocycles. The molecule has 0 atom stereocenters. The molecule has 0 aliphatic rings. The van der Waals surface area contributed by atoms with E-state index >= 15 is 0 Å². The highest BCUT2D eigenvalue weighted by Crippen LogP contribution is 2.25. The van der Waals surface area contributed by atoms with E-state index in [-0.39, 0.29) is 6.61 Å². The third-order valence-electron chi connectivity index (χ3n) is 2.76. The van der Waals surface area contributed by atoms with E-state index in [4.69, 9.17) is 11.6 Å². The number of hydrogen-bond donors (Lipinski definition) is 1. The van der Waals surface area contributed by atoms with Gasteiger partial charge in [0.2, 0.25) is 0 Å². The fourth-order valence-electron chi connectivity index (χ4n) is 1.92. The van der Waals surface area contributed by atoms with Gasteiger partial charge in [-0.3, -0.25) is 0 Å². The molecule has 0 bridgehead atoms. The Balaban J connectivity index is 2.47. The Kier molecular flexibility index (Phi) is 4.04. The molecule has 0 amide bonds. The predicted octanol–water partition coefficient (Wildman–Crippen LogP) is 3.22. The summed E-state index contributed by atoms with van der Waals surface area (Å²) < 4.78 is 1.69. The van der Waals surface area contributed by atoms with Crippen LogP contribution in [0.4, 0.5) is 0 Å². The monoisotopic (exact) mass is 264 g/mol. The van der Waals surface area contributed by atoms with Gasteiger partial charge in [0.15, 0.2) is 0 Å². The van der Waals surface area contributed by atoms with E-state index in [1.165, 1.54) is 0 Å². The fraction of sp³-hybridized carbons (Fsp3) is 0.357. The molecule has 1 N–H and O–H groups in total. The van der Waals surface area contributed by atoms with Crippen LogP contribution in [0.3, 0.4) is 0 Å². The van der Waals surface area contributed by atoms with Crippen molar-refractivity contribution in [3.63, 3.8) is 0 Å². The average molecular weight is 265 g/mol. The highest BCUT2D eigenvalue weighted by atomic mass is 35.5. The van der Waals surface area contributed by atoms with Crippen LogP contribution in [0.25, 0.3) is 5.69 Å². The van der Waals surface area contributed by atoms with Gasteiger partial charge in [0.05, 0.1) is 18.0 Å². The summed E-state index contributed by atoms with van der Waals surface area (Å²) in [5, 5.41) is 14.4. The molecule has 96 valence electrons. The standard InChI is InChI=1S/C14H17ClN2O/c1-10(2)8-13-12(9-18)14(15)17(16-13)11-6-4-3-5-7-11/h3-7,10,18H,8-9H2,1-2H3. The lowest BCUT2D eigenvalue weighted by atomic mass is 10.1. The number of benzene rings is 1. The molecule has 18 heavy (non-hydrogen) atoms. The Morgan fingerprint density at radius 3 is 2.50 bits per heavy atom. The van der Waals surface area contributed by atoms with E-state index in [9.17, 15) is 5.11 Å². The smallest absolute Gasteiger partial charge is 0.138 e. The van der Waals surface area contributed by atoms with Crippen LogP contribution < -0.4 is 0 Å².